The van der Waals surface area contributed by atoms with E-state index in [0.29, 0.717) is 6.61 Å². The van der Waals surface area contributed by atoms with Crippen molar-refractivity contribution in [1.82, 2.24) is 0 Å². The van der Waals surface area contributed by atoms with Crippen LogP contribution < -0.4 is 0 Å². The fraction of sp³-hybridized carbons (Fsp3) is 0.596. The monoisotopic (exact) mass is 741 g/mol. The van der Waals surface area contributed by atoms with Crippen LogP contribution in [0.2, 0.25) is 0 Å². The predicted octanol–water partition coefficient (Wildman–Crippen LogP) is 17.1. The maximum atomic E-state index is 10.9. The third-order valence-corrected chi connectivity index (χ3v) is 10.1. The van der Waals surface area contributed by atoms with Gasteiger partial charge in [-0.2, -0.15) is 0 Å². The minimum Gasteiger partial charge on any atom is -0.462 e. The lowest BCUT2D eigenvalue weighted by Crippen LogP contribution is -1.98. The molecule has 0 bridgehead atoms. The molecule has 0 fully saturated rings. The van der Waals surface area contributed by atoms with E-state index in [2.05, 4.69) is 131 Å². The first kappa shape index (κ1) is 50.9. The Hall–Kier alpha value is -3.13. The first-order chi connectivity index (χ1) is 25.7. The maximum absolute atomic E-state index is 10.9. The summed E-state index contributed by atoms with van der Waals surface area (Å²) in [6.45, 7) is 26.6. The van der Waals surface area contributed by atoms with Crippen LogP contribution in [0.3, 0.4) is 0 Å². The lowest BCUT2D eigenvalue weighted by Gasteiger charge is -2.04. The molecule has 0 aromatic carbocycles. The van der Waals surface area contributed by atoms with Gasteiger partial charge in [0, 0.05) is 6.92 Å². The van der Waals surface area contributed by atoms with Gasteiger partial charge in [0.15, 0.2) is 0 Å². The van der Waals surface area contributed by atoms with Gasteiger partial charge in [-0.1, -0.05) is 110 Å². The standard InChI is InChI=1S/C52H84O2/c1-42(2)22-13-23-43(3)24-14-25-44(4)26-15-27-45(5)28-16-29-46(6)30-17-31-47(7)32-18-33-48(8)34-19-35-49(9)36-20-37-50(10)38-21-39-51(11)40-41-54-52(12)53/h22,24,26,28,30,32,34,36,38,40H,13-21,23,25,27,29,31,33,35,37,39,41H2,1-12H3/b43-24+,44-26+,45-28+,46-30+,47-32+,48-34+,49-36+,50-38+,51-40+. The molecule has 304 valence electrons. The van der Waals surface area contributed by atoms with Crippen LogP contribution in [0.4, 0.5) is 0 Å². The van der Waals surface area contributed by atoms with Gasteiger partial charge in [0.25, 0.3) is 0 Å². The van der Waals surface area contributed by atoms with Gasteiger partial charge in [0.05, 0.1) is 0 Å². The lowest BCUT2D eigenvalue weighted by molar-refractivity contribution is -0.139. The molecule has 0 aliphatic heterocycles. The molecule has 0 spiro atoms. The van der Waals surface area contributed by atoms with Crippen LogP contribution in [0, 0.1) is 0 Å². The van der Waals surface area contributed by atoms with Gasteiger partial charge >= 0.3 is 5.97 Å². The van der Waals surface area contributed by atoms with E-state index in [-0.39, 0.29) is 5.97 Å². The van der Waals surface area contributed by atoms with Crippen LogP contribution in [0.1, 0.15) is 199 Å². The number of ether oxygens (including phenoxy) is 1. The van der Waals surface area contributed by atoms with E-state index in [9.17, 15) is 4.79 Å². The number of hydrogen-bond donors (Lipinski definition) is 0. The van der Waals surface area contributed by atoms with Crippen molar-refractivity contribution in [3.05, 3.63) is 116 Å². The Bertz CT molecular complexity index is 1370. The molecule has 2 nitrogen and oxygen atoms in total. The highest BCUT2D eigenvalue weighted by Crippen LogP contribution is 2.18. The minimum atomic E-state index is -0.224. The molecule has 0 saturated carbocycles. The lowest BCUT2D eigenvalue weighted by atomic mass is 10.0. The van der Waals surface area contributed by atoms with Gasteiger partial charge in [-0.15, -0.1) is 0 Å². The number of allylic oxidation sites excluding steroid dienone is 19. The second kappa shape index (κ2) is 33.2. The van der Waals surface area contributed by atoms with Gasteiger partial charge in [0.1, 0.15) is 6.61 Å². The highest BCUT2D eigenvalue weighted by Gasteiger charge is 1.98. The molecule has 0 atom stereocenters. The molecule has 0 N–H and O–H groups in total. The van der Waals surface area contributed by atoms with E-state index in [4.69, 9.17) is 4.74 Å². The number of carbonyl (C=O) groups excluding carboxylic acids is 1. The molecule has 2 heteroatoms. The molecule has 0 amide bonds. The molecule has 0 aromatic heterocycles. The van der Waals surface area contributed by atoms with Crippen LogP contribution in [-0.4, -0.2) is 12.6 Å². The quantitative estimate of drug-likeness (QED) is 0.0564. The van der Waals surface area contributed by atoms with Crippen molar-refractivity contribution >= 4 is 5.97 Å². The average Bonchev–Trinajstić information content (AvgIpc) is 3.08. The molecule has 0 aromatic rings. The SMILES string of the molecule is CC(=O)OC/C=C(\C)CC/C=C(\C)CC/C=C(\C)CC/C=C(\C)CC/C=C(\C)CC/C=C(\C)CC/C=C(\C)CC/C=C(\C)CC/C=C(\C)CCC=C(C)C. The van der Waals surface area contributed by atoms with Crippen molar-refractivity contribution in [2.45, 2.75) is 199 Å². The maximum Gasteiger partial charge on any atom is 0.302 e. The summed E-state index contributed by atoms with van der Waals surface area (Å²) < 4.78 is 4.99. The summed E-state index contributed by atoms with van der Waals surface area (Å²) in [5.41, 5.74) is 14.8. The summed E-state index contributed by atoms with van der Waals surface area (Å²) in [4.78, 5) is 10.9. The number of carbonyl (C=O) groups is 1. The molecule has 0 aliphatic carbocycles. The Balaban J connectivity index is 4.25. The van der Waals surface area contributed by atoms with Crippen molar-refractivity contribution in [2.24, 2.45) is 0 Å². The highest BCUT2D eigenvalue weighted by atomic mass is 16.5. The first-order valence-electron chi connectivity index (χ1n) is 21.3. The summed E-state index contributed by atoms with van der Waals surface area (Å²) >= 11 is 0. The van der Waals surface area contributed by atoms with E-state index in [1.165, 1.54) is 108 Å². The van der Waals surface area contributed by atoms with Crippen molar-refractivity contribution in [1.29, 1.82) is 0 Å². The zero-order chi connectivity index (χ0) is 40.6. The van der Waals surface area contributed by atoms with Crippen molar-refractivity contribution in [2.75, 3.05) is 6.61 Å². The summed E-state index contributed by atoms with van der Waals surface area (Å²) in [6, 6.07) is 0. The van der Waals surface area contributed by atoms with E-state index < -0.39 is 0 Å². The second-order valence-corrected chi connectivity index (χ2v) is 16.4. The van der Waals surface area contributed by atoms with Crippen molar-refractivity contribution in [3.63, 3.8) is 0 Å². The molecule has 0 rings (SSSR count). The molecule has 0 radical (unpaired) electrons. The van der Waals surface area contributed by atoms with Gasteiger partial charge in [0.2, 0.25) is 0 Å². The van der Waals surface area contributed by atoms with Crippen LogP contribution >= 0.6 is 0 Å². The van der Waals surface area contributed by atoms with Gasteiger partial charge in [-0.05, 0) is 198 Å². The summed E-state index contributed by atoms with van der Waals surface area (Å²) in [5.74, 6) is -0.224. The molecule has 0 aliphatic rings. The normalized spacial score (nSPS) is 14.6. The molecule has 0 unspecified atom stereocenters. The molecular weight excluding hydrogens is 657 g/mol. The Morgan fingerprint density at radius 2 is 0.481 bits per heavy atom. The Morgan fingerprint density at radius 1 is 0.296 bits per heavy atom. The fourth-order valence-electron chi connectivity index (χ4n) is 6.18. The fourth-order valence-corrected chi connectivity index (χ4v) is 6.18. The number of hydrogen-bond acceptors (Lipinski definition) is 2. The summed E-state index contributed by atoms with van der Waals surface area (Å²) in [6.07, 6.45) is 44.4. The average molecular weight is 741 g/mol. The van der Waals surface area contributed by atoms with Gasteiger partial charge < -0.3 is 4.74 Å². The largest absolute Gasteiger partial charge is 0.462 e. The molecule has 0 saturated heterocycles. The molecule has 54 heavy (non-hydrogen) atoms. The van der Waals surface area contributed by atoms with Crippen LogP contribution in [0.25, 0.3) is 0 Å². The number of esters is 1. The molecule has 0 heterocycles. The topological polar surface area (TPSA) is 26.3 Å². The summed E-state index contributed by atoms with van der Waals surface area (Å²) in [7, 11) is 0. The molecular formula is C52H84O2. The Kier molecular flexibility index (Phi) is 31.3. The number of rotatable bonds is 29. The Morgan fingerprint density at radius 3 is 0.667 bits per heavy atom. The zero-order valence-electron chi connectivity index (χ0n) is 37.5. The van der Waals surface area contributed by atoms with E-state index in [1.54, 1.807) is 0 Å². The summed E-state index contributed by atoms with van der Waals surface area (Å²) in [5, 5.41) is 0. The zero-order valence-corrected chi connectivity index (χ0v) is 37.5. The van der Waals surface area contributed by atoms with E-state index in [1.807, 2.05) is 6.08 Å². The van der Waals surface area contributed by atoms with E-state index in [0.717, 1.165) is 70.6 Å². The van der Waals surface area contributed by atoms with Gasteiger partial charge in [-0.3, -0.25) is 4.79 Å². The third kappa shape index (κ3) is 34.6. The van der Waals surface area contributed by atoms with Gasteiger partial charge in [-0.25, -0.2) is 0 Å². The van der Waals surface area contributed by atoms with E-state index >= 15 is 0 Å². The third-order valence-electron chi connectivity index (χ3n) is 10.1. The predicted molar refractivity (Wildman–Crippen MR) is 243 cm³/mol. The van der Waals surface area contributed by atoms with Crippen LogP contribution in [0.15, 0.2) is 116 Å². The second-order valence-electron chi connectivity index (χ2n) is 16.4. The Labute approximate surface area is 336 Å². The smallest absolute Gasteiger partial charge is 0.302 e. The van der Waals surface area contributed by atoms with Crippen molar-refractivity contribution in [3.8, 4) is 0 Å². The first-order valence-corrected chi connectivity index (χ1v) is 21.3. The van der Waals surface area contributed by atoms with Crippen molar-refractivity contribution < 1.29 is 9.53 Å². The highest BCUT2D eigenvalue weighted by molar-refractivity contribution is 5.66. The van der Waals surface area contributed by atoms with Crippen LogP contribution in [-0.2, 0) is 9.53 Å². The minimum absolute atomic E-state index is 0.224. The van der Waals surface area contributed by atoms with Crippen LogP contribution in [0.5, 0.6) is 0 Å².